The molecule has 13 heavy (non-hydrogen) atoms. The number of nitrogens with one attached hydrogen (secondary N) is 1. The summed E-state index contributed by atoms with van der Waals surface area (Å²) < 4.78 is 0.734. The molecule has 4 nitrogen and oxygen atoms in total. The quantitative estimate of drug-likeness (QED) is 0.616. The van der Waals surface area contributed by atoms with E-state index in [0.717, 1.165) is 9.99 Å². The van der Waals surface area contributed by atoms with Gasteiger partial charge in [-0.15, -0.1) is 0 Å². The van der Waals surface area contributed by atoms with Crippen LogP contribution in [0.3, 0.4) is 0 Å². The Labute approximate surface area is 81.8 Å². The molecule has 0 radical (unpaired) electrons. The molecular weight excluding hydrogens is 236 g/mol. The van der Waals surface area contributed by atoms with Crippen molar-refractivity contribution in [2.75, 3.05) is 0 Å². The van der Waals surface area contributed by atoms with Crippen LogP contribution in [0.1, 0.15) is 0 Å². The standard InChI is InChI=1S/C8H5BrN2O2/c9-5-2-1-3-6-8(5)7(4-10-6)11(12)13/h1-4,10H. The van der Waals surface area contributed by atoms with Gasteiger partial charge in [0.25, 0.3) is 5.69 Å². The molecule has 0 saturated carbocycles. The number of benzene rings is 1. The third kappa shape index (κ3) is 1.21. The summed E-state index contributed by atoms with van der Waals surface area (Å²) >= 11 is 3.27. The van der Waals surface area contributed by atoms with Crippen molar-refractivity contribution >= 4 is 32.5 Å². The number of aromatic nitrogens is 1. The first-order chi connectivity index (χ1) is 6.20. The van der Waals surface area contributed by atoms with Crippen LogP contribution in [-0.2, 0) is 0 Å². The average molecular weight is 241 g/mol. The van der Waals surface area contributed by atoms with Gasteiger partial charge in [0, 0.05) is 4.47 Å². The molecule has 0 amide bonds. The van der Waals surface area contributed by atoms with Gasteiger partial charge in [-0.05, 0) is 28.1 Å². The Morgan fingerprint density at radius 2 is 2.23 bits per heavy atom. The maximum Gasteiger partial charge on any atom is 0.295 e. The number of fused-ring (bicyclic) bond motifs is 1. The van der Waals surface area contributed by atoms with E-state index in [1.54, 1.807) is 12.1 Å². The van der Waals surface area contributed by atoms with Crippen molar-refractivity contribution < 1.29 is 4.92 Å². The Morgan fingerprint density at radius 1 is 1.46 bits per heavy atom. The average Bonchev–Trinajstić information content (AvgIpc) is 2.49. The van der Waals surface area contributed by atoms with Crippen LogP contribution in [0, 0.1) is 10.1 Å². The summed E-state index contributed by atoms with van der Waals surface area (Å²) in [6.45, 7) is 0. The molecule has 1 heterocycles. The number of hydrogen-bond acceptors (Lipinski definition) is 2. The molecule has 0 saturated heterocycles. The third-order valence-electron chi connectivity index (χ3n) is 1.83. The zero-order chi connectivity index (χ0) is 9.42. The van der Waals surface area contributed by atoms with E-state index in [1.165, 1.54) is 6.20 Å². The van der Waals surface area contributed by atoms with Crippen LogP contribution >= 0.6 is 15.9 Å². The zero-order valence-corrected chi connectivity index (χ0v) is 8.04. The predicted octanol–water partition coefficient (Wildman–Crippen LogP) is 2.84. The van der Waals surface area contributed by atoms with Crippen molar-refractivity contribution in [2.45, 2.75) is 0 Å². The summed E-state index contributed by atoms with van der Waals surface area (Å²) in [5, 5.41) is 11.2. The Kier molecular flexibility index (Phi) is 1.81. The number of nitro groups is 1. The molecule has 0 spiro atoms. The minimum Gasteiger partial charge on any atom is -0.355 e. The molecule has 0 unspecified atom stereocenters. The van der Waals surface area contributed by atoms with Crippen molar-refractivity contribution in [1.29, 1.82) is 0 Å². The maximum absolute atomic E-state index is 10.6. The van der Waals surface area contributed by atoms with Crippen LogP contribution in [0.2, 0.25) is 0 Å². The van der Waals surface area contributed by atoms with Gasteiger partial charge in [-0.3, -0.25) is 10.1 Å². The van der Waals surface area contributed by atoms with Gasteiger partial charge in [0.05, 0.1) is 22.0 Å². The van der Waals surface area contributed by atoms with E-state index in [-0.39, 0.29) is 5.69 Å². The molecule has 1 N–H and O–H groups in total. The number of rotatable bonds is 1. The number of H-pyrrole nitrogens is 1. The molecule has 0 aliphatic rings. The summed E-state index contributed by atoms with van der Waals surface area (Å²) in [5.74, 6) is 0. The largest absolute Gasteiger partial charge is 0.355 e. The van der Waals surface area contributed by atoms with Gasteiger partial charge in [0.15, 0.2) is 0 Å². The molecule has 0 fully saturated rings. The van der Waals surface area contributed by atoms with Crippen LogP contribution in [0.5, 0.6) is 0 Å². The van der Waals surface area contributed by atoms with E-state index < -0.39 is 4.92 Å². The van der Waals surface area contributed by atoms with E-state index >= 15 is 0 Å². The highest BCUT2D eigenvalue weighted by Gasteiger charge is 2.15. The fourth-order valence-electron chi connectivity index (χ4n) is 1.27. The summed E-state index contributed by atoms with van der Waals surface area (Å²) in [4.78, 5) is 13.0. The summed E-state index contributed by atoms with van der Waals surface area (Å²) in [7, 11) is 0. The molecule has 0 aliphatic heterocycles. The fourth-order valence-corrected chi connectivity index (χ4v) is 1.84. The summed E-state index contributed by atoms with van der Waals surface area (Å²) in [5.41, 5.74) is 0.864. The molecule has 0 aliphatic carbocycles. The molecule has 1 aromatic carbocycles. The van der Waals surface area contributed by atoms with Crippen LogP contribution in [0.25, 0.3) is 10.9 Å². The molecule has 2 rings (SSSR count). The van der Waals surface area contributed by atoms with Gasteiger partial charge in [-0.2, -0.15) is 0 Å². The van der Waals surface area contributed by atoms with Crippen molar-refractivity contribution in [3.05, 3.63) is 39.0 Å². The predicted molar refractivity (Wildman–Crippen MR) is 52.7 cm³/mol. The monoisotopic (exact) mass is 240 g/mol. The Hall–Kier alpha value is -1.36. The molecule has 5 heteroatoms. The van der Waals surface area contributed by atoms with Gasteiger partial charge >= 0.3 is 0 Å². The lowest BCUT2D eigenvalue weighted by Crippen LogP contribution is -1.85. The topological polar surface area (TPSA) is 58.9 Å². The maximum atomic E-state index is 10.6. The van der Waals surface area contributed by atoms with E-state index in [1.807, 2.05) is 6.07 Å². The molecular formula is C8H5BrN2O2. The van der Waals surface area contributed by atoms with E-state index in [2.05, 4.69) is 20.9 Å². The summed E-state index contributed by atoms with van der Waals surface area (Å²) in [6, 6.07) is 5.41. The third-order valence-corrected chi connectivity index (χ3v) is 2.49. The molecule has 2 aromatic rings. The zero-order valence-electron chi connectivity index (χ0n) is 6.45. The second kappa shape index (κ2) is 2.85. The van der Waals surface area contributed by atoms with Crippen LogP contribution in [0.4, 0.5) is 5.69 Å². The van der Waals surface area contributed by atoms with Gasteiger partial charge in [0.1, 0.15) is 0 Å². The number of nitrogens with zero attached hydrogens (tertiary/aromatic N) is 1. The van der Waals surface area contributed by atoms with Crippen LogP contribution in [0.15, 0.2) is 28.9 Å². The SMILES string of the molecule is O=[N+]([O-])c1c[nH]c2cccc(Br)c12. The van der Waals surface area contributed by atoms with Gasteiger partial charge in [-0.1, -0.05) is 6.07 Å². The van der Waals surface area contributed by atoms with E-state index in [4.69, 9.17) is 0 Å². The number of hydrogen-bond donors (Lipinski definition) is 1. The molecule has 0 atom stereocenters. The van der Waals surface area contributed by atoms with Gasteiger partial charge in [0.2, 0.25) is 0 Å². The van der Waals surface area contributed by atoms with Crippen molar-refractivity contribution in [1.82, 2.24) is 4.98 Å². The Balaban J connectivity index is 2.86. The molecule has 0 bridgehead atoms. The van der Waals surface area contributed by atoms with Crippen LogP contribution < -0.4 is 0 Å². The minimum atomic E-state index is -0.399. The first-order valence-corrected chi connectivity index (χ1v) is 4.39. The Morgan fingerprint density at radius 3 is 2.92 bits per heavy atom. The minimum absolute atomic E-state index is 0.0995. The van der Waals surface area contributed by atoms with E-state index in [9.17, 15) is 10.1 Å². The lowest BCUT2D eigenvalue weighted by molar-refractivity contribution is -0.383. The van der Waals surface area contributed by atoms with Crippen LogP contribution in [-0.4, -0.2) is 9.91 Å². The van der Waals surface area contributed by atoms with Crippen molar-refractivity contribution in [3.63, 3.8) is 0 Å². The smallest absolute Gasteiger partial charge is 0.295 e. The van der Waals surface area contributed by atoms with Gasteiger partial charge < -0.3 is 4.98 Å². The van der Waals surface area contributed by atoms with E-state index in [0.29, 0.717) is 5.39 Å². The highest BCUT2D eigenvalue weighted by Crippen LogP contribution is 2.31. The lowest BCUT2D eigenvalue weighted by Gasteiger charge is -1.92. The molecule has 1 aromatic heterocycles. The highest BCUT2D eigenvalue weighted by atomic mass is 79.9. The summed E-state index contributed by atoms with van der Waals surface area (Å²) in [6.07, 6.45) is 1.40. The highest BCUT2D eigenvalue weighted by molar-refractivity contribution is 9.10. The first-order valence-electron chi connectivity index (χ1n) is 3.60. The first kappa shape index (κ1) is 8.25. The number of aromatic amines is 1. The second-order valence-corrected chi connectivity index (χ2v) is 3.45. The Bertz CT molecular complexity index is 478. The fraction of sp³-hybridized carbons (Fsp3) is 0. The number of halogens is 1. The second-order valence-electron chi connectivity index (χ2n) is 2.59. The molecule has 66 valence electrons. The normalized spacial score (nSPS) is 10.5. The van der Waals surface area contributed by atoms with Gasteiger partial charge in [-0.25, -0.2) is 0 Å². The van der Waals surface area contributed by atoms with Crippen molar-refractivity contribution in [3.8, 4) is 0 Å². The lowest BCUT2D eigenvalue weighted by atomic mass is 10.2. The van der Waals surface area contributed by atoms with Crippen molar-refractivity contribution in [2.24, 2.45) is 0 Å².